The van der Waals surface area contributed by atoms with Gasteiger partial charge in [-0.25, -0.2) is 0 Å². The maximum Gasteiger partial charge on any atom is 0.313 e. The summed E-state index contributed by atoms with van der Waals surface area (Å²) in [6, 6.07) is 23.8. The molecule has 0 aliphatic heterocycles. The number of ketones is 1. The molecule has 0 radical (unpaired) electrons. The molecular formula is C25H18N2O4. The number of nitrogens with one attached hydrogen (secondary N) is 1. The van der Waals surface area contributed by atoms with E-state index in [2.05, 4.69) is 10.1 Å². The summed E-state index contributed by atoms with van der Waals surface area (Å²) in [5, 5.41) is 5.52. The summed E-state index contributed by atoms with van der Waals surface area (Å²) in [6.45, 7) is 0. The molecule has 6 heteroatoms. The Morgan fingerprint density at radius 2 is 1.61 bits per heavy atom. The molecule has 2 heterocycles. The van der Waals surface area contributed by atoms with Crippen LogP contribution in [0.3, 0.4) is 0 Å². The van der Waals surface area contributed by atoms with Crippen LogP contribution in [0.4, 0.5) is 0 Å². The molecule has 0 unspecified atom stereocenters. The third-order valence-corrected chi connectivity index (χ3v) is 5.21. The van der Waals surface area contributed by atoms with Crippen LogP contribution >= 0.6 is 0 Å². The minimum absolute atomic E-state index is 0.0957. The monoisotopic (exact) mass is 410 g/mol. The molecule has 0 spiro atoms. The van der Waals surface area contributed by atoms with Crippen molar-refractivity contribution in [3.05, 3.63) is 102 Å². The molecule has 3 aromatic carbocycles. The molecular weight excluding hydrogens is 392 g/mol. The number of para-hydroxylation sites is 2. The van der Waals surface area contributed by atoms with Gasteiger partial charge in [0, 0.05) is 33.6 Å². The van der Waals surface area contributed by atoms with E-state index in [0.717, 1.165) is 16.3 Å². The van der Waals surface area contributed by atoms with Gasteiger partial charge in [0.05, 0.1) is 6.42 Å². The molecule has 0 aliphatic carbocycles. The van der Waals surface area contributed by atoms with E-state index < -0.39 is 12.1 Å². The summed E-state index contributed by atoms with van der Waals surface area (Å²) in [7, 11) is 0. The normalized spacial score (nSPS) is 12.1. The molecule has 31 heavy (non-hydrogen) atoms. The van der Waals surface area contributed by atoms with Crippen LogP contribution in [0.1, 0.15) is 27.7 Å². The summed E-state index contributed by atoms with van der Waals surface area (Å²) >= 11 is 0. The van der Waals surface area contributed by atoms with Crippen molar-refractivity contribution >= 4 is 33.6 Å². The average Bonchev–Trinajstić information content (AvgIpc) is 3.42. The van der Waals surface area contributed by atoms with Gasteiger partial charge >= 0.3 is 5.97 Å². The second-order valence-electron chi connectivity index (χ2n) is 7.19. The first-order chi connectivity index (χ1) is 15.2. The Kier molecular flexibility index (Phi) is 4.80. The van der Waals surface area contributed by atoms with E-state index >= 15 is 0 Å². The van der Waals surface area contributed by atoms with Gasteiger partial charge in [-0.3, -0.25) is 9.59 Å². The number of hydrogen-bond acceptors (Lipinski definition) is 5. The van der Waals surface area contributed by atoms with Gasteiger partial charge in [-0.05, 0) is 18.2 Å². The minimum atomic E-state index is -1.06. The van der Waals surface area contributed by atoms with E-state index in [1.807, 2.05) is 60.7 Å². The largest absolute Gasteiger partial charge is 0.449 e. The first kappa shape index (κ1) is 18.8. The maximum atomic E-state index is 13.4. The molecule has 2 aromatic heterocycles. The predicted molar refractivity (Wildman–Crippen MR) is 116 cm³/mol. The fourth-order valence-corrected chi connectivity index (χ4v) is 3.69. The van der Waals surface area contributed by atoms with Crippen molar-refractivity contribution < 1.29 is 18.8 Å². The lowest BCUT2D eigenvalue weighted by Gasteiger charge is -2.17. The Labute approximate surface area is 177 Å². The molecule has 0 fully saturated rings. The molecule has 0 bridgehead atoms. The van der Waals surface area contributed by atoms with Gasteiger partial charge in [-0.2, -0.15) is 0 Å². The lowest BCUT2D eigenvalue weighted by Crippen LogP contribution is -2.21. The van der Waals surface area contributed by atoms with Crippen molar-refractivity contribution in [2.45, 2.75) is 12.5 Å². The number of carbonyl (C=O) groups excluding carboxylic acids is 2. The predicted octanol–water partition coefficient (Wildman–Crippen LogP) is 5.02. The first-order valence-electron chi connectivity index (χ1n) is 9.89. The van der Waals surface area contributed by atoms with Crippen LogP contribution < -0.4 is 0 Å². The number of aromatic amines is 1. The quantitative estimate of drug-likeness (QED) is 0.314. The second-order valence-corrected chi connectivity index (χ2v) is 7.19. The molecule has 6 nitrogen and oxygen atoms in total. The van der Waals surface area contributed by atoms with Crippen LogP contribution in [0.15, 0.2) is 89.6 Å². The van der Waals surface area contributed by atoms with Crippen molar-refractivity contribution in [2.75, 3.05) is 0 Å². The zero-order valence-corrected chi connectivity index (χ0v) is 16.4. The van der Waals surface area contributed by atoms with Crippen molar-refractivity contribution in [3.63, 3.8) is 0 Å². The molecule has 1 atom stereocenters. The van der Waals surface area contributed by atoms with E-state index in [4.69, 9.17) is 9.26 Å². The van der Waals surface area contributed by atoms with Crippen molar-refractivity contribution in [3.8, 4) is 0 Å². The Bertz CT molecular complexity index is 1380. The Hall–Kier alpha value is -4.19. The maximum absolute atomic E-state index is 13.4. The second kappa shape index (κ2) is 7.91. The Balaban J connectivity index is 1.45. The van der Waals surface area contributed by atoms with E-state index in [-0.39, 0.29) is 12.2 Å². The van der Waals surface area contributed by atoms with Gasteiger partial charge in [0.2, 0.25) is 5.78 Å². The Morgan fingerprint density at radius 1 is 0.903 bits per heavy atom. The summed E-state index contributed by atoms with van der Waals surface area (Å²) in [6.07, 6.45) is 0.495. The highest BCUT2D eigenvalue weighted by Crippen LogP contribution is 2.28. The fourth-order valence-electron chi connectivity index (χ4n) is 3.69. The average molecular weight is 410 g/mol. The number of H-pyrrole nitrogens is 1. The molecule has 5 rings (SSSR count). The van der Waals surface area contributed by atoms with Crippen LogP contribution in [-0.2, 0) is 16.0 Å². The molecule has 0 saturated heterocycles. The van der Waals surface area contributed by atoms with E-state index in [0.29, 0.717) is 22.4 Å². The van der Waals surface area contributed by atoms with Gasteiger partial charge in [0.1, 0.15) is 5.69 Å². The standard InChI is InChI=1S/C25H18N2O4/c28-23(14-21-18-11-5-7-13-22(18)31-27-21)30-25(16-8-2-1-3-9-16)24(29)19-15-26-20-12-6-4-10-17(19)20/h1-13,15,25-26H,14H2/t25-/m0/s1. The zero-order valence-electron chi connectivity index (χ0n) is 16.4. The highest BCUT2D eigenvalue weighted by molar-refractivity contribution is 6.10. The number of Topliss-reactive ketones (excluding diaryl/α,β-unsaturated/α-hetero) is 1. The zero-order chi connectivity index (χ0) is 21.2. The van der Waals surface area contributed by atoms with Gasteiger partial charge in [0.25, 0.3) is 0 Å². The van der Waals surface area contributed by atoms with Crippen molar-refractivity contribution in [1.82, 2.24) is 10.1 Å². The van der Waals surface area contributed by atoms with E-state index in [1.165, 1.54) is 0 Å². The highest BCUT2D eigenvalue weighted by Gasteiger charge is 2.28. The SMILES string of the molecule is O=C(Cc1noc2ccccc12)O[C@H](C(=O)c1c[nH]c2ccccc12)c1ccccc1. The number of nitrogens with zero attached hydrogens (tertiary/aromatic N) is 1. The smallest absolute Gasteiger partial charge is 0.313 e. The molecule has 0 amide bonds. The molecule has 1 N–H and O–H groups in total. The van der Waals surface area contributed by atoms with Crippen LogP contribution in [0.25, 0.3) is 21.9 Å². The van der Waals surface area contributed by atoms with E-state index in [9.17, 15) is 9.59 Å². The van der Waals surface area contributed by atoms with Crippen molar-refractivity contribution in [2.24, 2.45) is 0 Å². The third-order valence-electron chi connectivity index (χ3n) is 5.21. The Morgan fingerprint density at radius 3 is 2.45 bits per heavy atom. The van der Waals surface area contributed by atoms with Gasteiger partial charge < -0.3 is 14.2 Å². The molecule has 0 aliphatic rings. The van der Waals surface area contributed by atoms with Crippen LogP contribution in [0.5, 0.6) is 0 Å². The summed E-state index contributed by atoms with van der Waals surface area (Å²) in [5.41, 5.74) is 3.00. The lowest BCUT2D eigenvalue weighted by molar-refractivity contribution is -0.146. The van der Waals surface area contributed by atoms with E-state index in [1.54, 1.807) is 24.4 Å². The number of carbonyl (C=O) groups is 2. The van der Waals surface area contributed by atoms with Crippen LogP contribution in [-0.4, -0.2) is 21.9 Å². The summed E-state index contributed by atoms with van der Waals surface area (Å²) < 4.78 is 11.0. The number of fused-ring (bicyclic) bond motifs is 2. The number of aromatic nitrogens is 2. The van der Waals surface area contributed by atoms with Gasteiger partial charge in [-0.15, -0.1) is 0 Å². The van der Waals surface area contributed by atoms with Gasteiger partial charge in [-0.1, -0.05) is 65.8 Å². The first-order valence-corrected chi connectivity index (χ1v) is 9.89. The number of benzene rings is 3. The number of hydrogen-bond donors (Lipinski definition) is 1. The highest BCUT2D eigenvalue weighted by atomic mass is 16.5. The number of rotatable bonds is 6. The van der Waals surface area contributed by atoms with Crippen molar-refractivity contribution in [1.29, 1.82) is 0 Å². The fraction of sp³-hybridized carbons (Fsp3) is 0.0800. The van der Waals surface area contributed by atoms with Gasteiger partial charge in [0.15, 0.2) is 11.7 Å². The minimum Gasteiger partial charge on any atom is -0.449 e. The molecule has 5 aromatic rings. The topological polar surface area (TPSA) is 85.2 Å². The summed E-state index contributed by atoms with van der Waals surface area (Å²) in [5.74, 6) is -0.844. The summed E-state index contributed by atoms with van der Waals surface area (Å²) in [4.78, 5) is 29.4. The lowest BCUT2D eigenvalue weighted by atomic mass is 9.99. The molecule has 152 valence electrons. The molecule has 0 saturated carbocycles. The van der Waals surface area contributed by atoms with Crippen LogP contribution in [0, 0.1) is 0 Å². The number of ether oxygens (including phenoxy) is 1. The third kappa shape index (κ3) is 3.59. The van der Waals surface area contributed by atoms with Crippen LogP contribution in [0.2, 0.25) is 0 Å². The number of esters is 1.